The van der Waals surface area contributed by atoms with Crippen LogP contribution in [-0.4, -0.2) is 38.3 Å². The minimum Gasteiger partial charge on any atom is -0.497 e. The van der Waals surface area contributed by atoms with Crippen LogP contribution in [0.4, 0.5) is 5.13 Å². The standard InChI is InChI=1S/C17H20N2O3S/c1-21-14-5-3-12(4-6-14)15-11-23-17(18-15)19-9-7-13(8-10-19)16(20)22-2/h3-6,11,13H,7-10H2,1-2H3. The van der Waals surface area contributed by atoms with E-state index >= 15 is 0 Å². The third-order valence-corrected chi connectivity index (χ3v) is 5.08. The number of anilines is 1. The van der Waals surface area contributed by atoms with Gasteiger partial charge in [0, 0.05) is 24.0 Å². The lowest BCUT2D eigenvalue weighted by molar-refractivity contribution is -0.146. The Balaban J connectivity index is 1.66. The Kier molecular flexibility index (Phi) is 4.81. The Labute approximate surface area is 139 Å². The maximum atomic E-state index is 11.6. The highest BCUT2D eigenvalue weighted by atomic mass is 32.1. The van der Waals surface area contributed by atoms with E-state index < -0.39 is 0 Å². The summed E-state index contributed by atoms with van der Waals surface area (Å²) in [7, 11) is 3.12. The first-order chi connectivity index (χ1) is 11.2. The number of aromatic nitrogens is 1. The quantitative estimate of drug-likeness (QED) is 0.805. The van der Waals surface area contributed by atoms with E-state index in [1.165, 1.54) is 7.11 Å². The molecule has 1 aliphatic heterocycles. The zero-order valence-corrected chi connectivity index (χ0v) is 14.1. The molecule has 6 heteroatoms. The molecular weight excluding hydrogens is 312 g/mol. The smallest absolute Gasteiger partial charge is 0.308 e. The van der Waals surface area contributed by atoms with E-state index in [0.717, 1.165) is 48.1 Å². The molecular formula is C17H20N2O3S. The number of carbonyl (C=O) groups is 1. The molecule has 1 aromatic carbocycles. The number of esters is 1. The predicted octanol–water partition coefficient (Wildman–Crippen LogP) is 3.21. The molecule has 0 atom stereocenters. The van der Waals surface area contributed by atoms with E-state index in [0.29, 0.717) is 0 Å². The van der Waals surface area contributed by atoms with Crippen molar-refractivity contribution in [2.45, 2.75) is 12.8 Å². The molecule has 0 bridgehead atoms. The van der Waals surface area contributed by atoms with Crippen LogP contribution < -0.4 is 9.64 Å². The van der Waals surface area contributed by atoms with Crippen LogP contribution in [0.2, 0.25) is 0 Å². The summed E-state index contributed by atoms with van der Waals surface area (Å²) in [6.07, 6.45) is 1.65. The summed E-state index contributed by atoms with van der Waals surface area (Å²) in [5.41, 5.74) is 2.06. The second-order valence-electron chi connectivity index (χ2n) is 5.53. The maximum absolute atomic E-state index is 11.6. The third kappa shape index (κ3) is 3.47. The van der Waals surface area contributed by atoms with Gasteiger partial charge in [-0.15, -0.1) is 11.3 Å². The van der Waals surface area contributed by atoms with Gasteiger partial charge in [-0.3, -0.25) is 4.79 Å². The van der Waals surface area contributed by atoms with Crippen molar-refractivity contribution in [3.05, 3.63) is 29.6 Å². The number of benzene rings is 1. The van der Waals surface area contributed by atoms with Gasteiger partial charge in [0.25, 0.3) is 0 Å². The molecule has 5 nitrogen and oxygen atoms in total. The molecule has 122 valence electrons. The van der Waals surface area contributed by atoms with E-state index in [9.17, 15) is 4.79 Å². The van der Waals surface area contributed by atoms with Crippen LogP contribution in [0.25, 0.3) is 11.3 Å². The molecule has 0 aliphatic carbocycles. The molecule has 0 unspecified atom stereocenters. The monoisotopic (exact) mass is 332 g/mol. The summed E-state index contributed by atoms with van der Waals surface area (Å²) in [4.78, 5) is 18.6. The Morgan fingerprint density at radius 2 is 1.91 bits per heavy atom. The Bertz CT molecular complexity index is 661. The Hall–Kier alpha value is -2.08. The Morgan fingerprint density at radius 1 is 1.22 bits per heavy atom. The Morgan fingerprint density at radius 3 is 2.52 bits per heavy atom. The number of rotatable bonds is 4. The maximum Gasteiger partial charge on any atom is 0.308 e. The molecule has 1 aliphatic rings. The number of hydrogen-bond acceptors (Lipinski definition) is 6. The molecule has 1 saturated heterocycles. The van der Waals surface area contributed by atoms with Crippen LogP contribution in [0.1, 0.15) is 12.8 Å². The molecule has 23 heavy (non-hydrogen) atoms. The fourth-order valence-corrected chi connectivity index (χ4v) is 3.67. The minimum atomic E-state index is -0.0947. The van der Waals surface area contributed by atoms with Gasteiger partial charge in [-0.25, -0.2) is 4.98 Å². The van der Waals surface area contributed by atoms with Gasteiger partial charge in [-0.1, -0.05) is 0 Å². The van der Waals surface area contributed by atoms with Crippen molar-refractivity contribution in [3.8, 4) is 17.0 Å². The zero-order chi connectivity index (χ0) is 16.2. The SMILES string of the molecule is COC(=O)C1CCN(c2nc(-c3ccc(OC)cc3)cs2)CC1. The van der Waals surface area contributed by atoms with Crippen molar-refractivity contribution in [2.24, 2.45) is 5.92 Å². The minimum absolute atomic E-state index is 0.0253. The number of piperidine rings is 1. The highest BCUT2D eigenvalue weighted by Crippen LogP contribution is 2.31. The van der Waals surface area contributed by atoms with Crippen LogP contribution >= 0.6 is 11.3 Å². The first kappa shape index (κ1) is 15.8. The third-order valence-electron chi connectivity index (χ3n) is 4.18. The highest BCUT2D eigenvalue weighted by Gasteiger charge is 2.26. The van der Waals surface area contributed by atoms with Crippen LogP contribution in [0.5, 0.6) is 5.75 Å². The van der Waals surface area contributed by atoms with Crippen LogP contribution in [0, 0.1) is 5.92 Å². The molecule has 0 saturated carbocycles. The number of nitrogens with zero attached hydrogens (tertiary/aromatic N) is 2. The van der Waals surface area contributed by atoms with Crippen molar-refractivity contribution in [1.29, 1.82) is 0 Å². The lowest BCUT2D eigenvalue weighted by atomic mass is 9.97. The molecule has 2 heterocycles. The lowest BCUT2D eigenvalue weighted by Crippen LogP contribution is -2.36. The first-order valence-corrected chi connectivity index (χ1v) is 8.52. The topological polar surface area (TPSA) is 51.7 Å². The van der Waals surface area contributed by atoms with E-state index in [1.54, 1.807) is 18.4 Å². The van der Waals surface area contributed by atoms with Crippen molar-refractivity contribution >= 4 is 22.4 Å². The van der Waals surface area contributed by atoms with E-state index in [4.69, 9.17) is 14.5 Å². The molecule has 0 amide bonds. The van der Waals surface area contributed by atoms with Crippen LogP contribution in [0.15, 0.2) is 29.6 Å². The first-order valence-electron chi connectivity index (χ1n) is 7.64. The summed E-state index contributed by atoms with van der Waals surface area (Å²) in [5.74, 6) is 0.772. The summed E-state index contributed by atoms with van der Waals surface area (Å²) in [5, 5.41) is 3.09. The fourth-order valence-electron chi connectivity index (χ4n) is 2.78. The molecule has 1 aromatic heterocycles. The molecule has 0 radical (unpaired) electrons. The molecule has 0 N–H and O–H groups in total. The number of ether oxygens (including phenoxy) is 2. The normalized spacial score (nSPS) is 15.5. The van der Waals surface area contributed by atoms with Crippen molar-refractivity contribution < 1.29 is 14.3 Å². The van der Waals surface area contributed by atoms with Gasteiger partial charge < -0.3 is 14.4 Å². The lowest BCUT2D eigenvalue weighted by Gasteiger charge is -2.30. The number of carbonyl (C=O) groups excluding carboxylic acids is 1. The average Bonchev–Trinajstić information content (AvgIpc) is 3.11. The average molecular weight is 332 g/mol. The van der Waals surface area contributed by atoms with Gasteiger partial charge in [0.15, 0.2) is 5.13 Å². The second-order valence-corrected chi connectivity index (χ2v) is 6.36. The zero-order valence-electron chi connectivity index (χ0n) is 13.3. The van der Waals surface area contributed by atoms with Gasteiger partial charge >= 0.3 is 5.97 Å². The van der Waals surface area contributed by atoms with Gasteiger partial charge in [-0.2, -0.15) is 0 Å². The number of hydrogen-bond donors (Lipinski definition) is 0. The van der Waals surface area contributed by atoms with Gasteiger partial charge in [0.2, 0.25) is 0 Å². The molecule has 3 rings (SSSR count). The van der Waals surface area contributed by atoms with Gasteiger partial charge in [0.1, 0.15) is 5.75 Å². The molecule has 0 spiro atoms. The van der Waals surface area contributed by atoms with Crippen molar-refractivity contribution in [1.82, 2.24) is 4.98 Å². The summed E-state index contributed by atoms with van der Waals surface area (Å²) >= 11 is 1.64. The van der Waals surface area contributed by atoms with Gasteiger partial charge in [-0.05, 0) is 37.1 Å². The highest BCUT2D eigenvalue weighted by molar-refractivity contribution is 7.14. The summed E-state index contributed by atoms with van der Waals surface area (Å²) in [6, 6.07) is 7.91. The van der Waals surface area contributed by atoms with Crippen molar-refractivity contribution in [2.75, 3.05) is 32.2 Å². The van der Waals surface area contributed by atoms with E-state index in [2.05, 4.69) is 10.3 Å². The van der Waals surface area contributed by atoms with Crippen LogP contribution in [0.3, 0.4) is 0 Å². The van der Waals surface area contributed by atoms with Gasteiger partial charge in [0.05, 0.1) is 25.8 Å². The summed E-state index contributed by atoms with van der Waals surface area (Å²) in [6.45, 7) is 1.69. The van der Waals surface area contributed by atoms with E-state index in [1.807, 2.05) is 24.3 Å². The number of thiazole rings is 1. The second kappa shape index (κ2) is 7.00. The number of methoxy groups -OCH3 is 2. The predicted molar refractivity (Wildman–Crippen MR) is 91.1 cm³/mol. The fraction of sp³-hybridized carbons (Fsp3) is 0.412. The molecule has 2 aromatic rings. The van der Waals surface area contributed by atoms with Crippen LogP contribution in [-0.2, 0) is 9.53 Å². The van der Waals surface area contributed by atoms with Crippen molar-refractivity contribution in [3.63, 3.8) is 0 Å². The largest absolute Gasteiger partial charge is 0.497 e. The molecule has 1 fully saturated rings. The summed E-state index contributed by atoms with van der Waals surface area (Å²) < 4.78 is 10.0. The van der Waals surface area contributed by atoms with E-state index in [-0.39, 0.29) is 11.9 Å².